The zero-order valence-corrected chi connectivity index (χ0v) is 28.3. The maximum Gasteiger partial charge on any atom is 0.320 e. The molecule has 0 spiro atoms. The number of nitrogens with one attached hydrogen (secondary N) is 3. The number of carbonyl (C=O) groups is 2. The minimum atomic E-state index is -1.28. The highest BCUT2D eigenvalue weighted by molar-refractivity contribution is 5.87. The van der Waals surface area contributed by atoms with Crippen LogP contribution in [0.25, 0.3) is 0 Å². The van der Waals surface area contributed by atoms with Crippen LogP contribution in [0, 0.1) is 29.6 Å². The average Bonchev–Trinajstić information content (AvgIpc) is 3.47. The van der Waals surface area contributed by atoms with Gasteiger partial charge >= 0.3 is 6.03 Å². The molecule has 1 aromatic rings. The van der Waals surface area contributed by atoms with Crippen LogP contribution in [0.5, 0.6) is 0 Å². The van der Waals surface area contributed by atoms with Crippen LogP contribution in [-0.4, -0.2) is 116 Å². The van der Waals surface area contributed by atoms with Gasteiger partial charge in [-0.3, -0.25) is 15.0 Å². The molecule has 13 unspecified atom stereocenters. The zero-order chi connectivity index (χ0) is 33.1. The van der Waals surface area contributed by atoms with Crippen molar-refractivity contribution in [3.05, 3.63) is 24.5 Å². The molecular formula is C34H53F2N9O2. The van der Waals surface area contributed by atoms with Crippen LogP contribution in [0.3, 0.4) is 0 Å². The smallest absolute Gasteiger partial charge is 0.320 e. The number of fused-ring (bicyclic) bond motifs is 6. The molecule has 2 bridgehead atoms. The molecule has 1 aromatic heterocycles. The van der Waals surface area contributed by atoms with Gasteiger partial charge in [-0.05, 0) is 70.4 Å². The predicted molar refractivity (Wildman–Crippen MR) is 173 cm³/mol. The summed E-state index contributed by atoms with van der Waals surface area (Å²) in [6, 6.07) is -1.23. The number of urea groups is 1. The van der Waals surface area contributed by atoms with Gasteiger partial charge < -0.3 is 20.4 Å². The van der Waals surface area contributed by atoms with Crippen LogP contribution in [0.4, 0.5) is 13.6 Å². The van der Waals surface area contributed by atoms with Crippen LogP contribution >= 0.6 is 0 Å². The number of alkyl halides is 2. The molecule has 3 amide bonds. The van der Waals surface area contributed by atoms with Crippen LogP contribution in [-0.2, 0) is 17.8 Å². The molecule has 4 saturated heterocycles. The number of carbonyl (C=O) groups excluding carboxylic acids is 2. The van der Waals surface area contributed by atoms with Gasteiger partial charge in [0, 0.05) is 61.6 Å². The lowest BCUT2D eigenvalue weighted by atomic mass is 9.68. The van der Waals surface area contributed by atoms with Gasteiger partial charge in [0.05, 0.1) is 30.3 Å². The molecule has 260 valence electrons. The Morgan fingerprint density at radius 3 is 2.64 bits per heavy atom. The predicted octanol–water partition coefficient (Wildman–Crippen LogP) is 2.69. The molecule has 11 nitrogen and oxygen atoms in total. The third-order valence-corrected chi connectivity index (χ3v) is 12.5. The molecule has 47 heavy (non-hydrogen) atoms. The van der Waals surface area contributed by atoms with Gasteiger partial charge in [-0.15, -0.1) is 5.10 Å². The van der Waals surface area contributed by atoms with Crippen molar-refractivity contribution >= 4 is 11.9 Å². The Kier molecular flexibility index (Phi) is 9.10. The maximum atomic E-state index is 16.8. The summed E-state index contributed by atoms with van der Waals surface area (Å²) < 4.78 is 34.9. The second kappa shape index (κ2) is 13.0. The molecule has 3 N–H and O–H groups in total. The number of piperazine rings is 1. The Bertz CT molecular complexity index is 1330. The Morgan fingerprint density at radius 1 is 1.06 bits per heavy atom. The first-order valence-electron chi connectivity index (χ1n) is 18.0. The molecule has 13 atom stereocenters. The van der Waals surface area contributed by atoms with E-state index in [4.69, 9.17) is 0 Å². The Morgan fingerprint density at radius 2 is 1.87 bits per heavy atom. The zero-order valence-electron chi connectivity index (χ0n) is 28.3. The van der Waals surface area contributed by atoms with E-state index in [0.29, 0.717) is 32.5 Å². The lowest BCUT2D eigenvalue weighted by Gasteiger charge is -2.60. The van der Waals surface area contributed by atoms with Gasteiger partial charge in [-0.1, -0.05) is 32.1 Å². The number of nitrogens with zero attached hydrogens (tertiary/aromatic N) is 6. The van der Waals surface area contributed by atoms with Crippen molar-refractivity contribution in [2.45, 2.75) is 128 Å². The first kappa shape index (κ1) is 32.9. The number of halogens is 2. The van der Waals surface area contributed by atoms with E-state index >= 15 is 8.78 Å². The topological polar surface area (TPSA) is 111 Å². The Labute approximate surface area is 277 Å². The normalized spacial score (nSPS) is 42.7. The molecular weight excluding hydrogens is 604 g/mol. The quantitative estimate of drug-likeness (QED) is 0.429. The van der Waals surface area contributed by atoms with Crippen molar-refractivity contribution in [3.8, 4) is 0 Å². The van der Waals surface area contributed by atoms with Crippen LogP contribution in [0.15, 0.2) is 18.9 Å². The van der Waals surface area contributed by atoms with Gasteiger partial charge in [0.15, 0.2) is 0 Å². The molecule has 5 fully saturated rings. The van der Waals surface area contributed by atoms with Gasteiger partial charge in [0.25, 0.3) is 0 Å². The Balaban J connectivity index is 1.31. The van der Waals surface area contributed by atoms with Crippen molar-refractivity contribution in [2.24, 2.45) is 29.6 Å². The van der Waals surface area contributed by atoms with Crippen molar-refractivity contribution in [1.29, 1.82) is 0 Å². The largest absolute Gasteiger partial charge is 0.334 e. The fourth-order valence-corrected chi connectivity index (χ4v) is 10.3. The van der Waals surface area contributed by atoms with E-state index in [1.807, 2.05) is 21.4 Å². The monoisotopic (exact) mass is 657 g/mol. The average molecular weight is 658 g/mol. The Hall–Kier alpha value is -2.64. The van der Waals surface area contributed by atoms with Crippen molar-refractivity contribution < 1.29 is 18.4 Å². The van der Waals surface area contributed by atoms with E-state index in [-0.39, 0.29) is 66.2 Å². The second-order valence-corrected chi connectivity index (χ2v) is 15.6. The molecule has 1 aliphatic carbocycles. The summed E-state index contributed by atoms with van der Waals surface area (Å²) in [5, 5.41) is 19.6. The molecule has 6 heterocycles. The number of rotatable bonds is 3. The molecule has 7 rings (SSSR count). The summed E-state index contributed by atoms with van der Waals surface area (Å²) >= 11 is 0. The summed E-state index contributed by atoms with van der Waals surface area (Å²) in [6.45, 7) is 14.6. The molecule has 0 aromatic carbocycles. The minimum absolute atomic E-state index is 0.0127. The number of piperidine rings is 2. The van der Waals surface area contributed by atoms with Crippen LogP contribution in [0.2, 0.25) is 0 Å². The SMILES string of the molecule is C=CC(=O)N1CC(C)N(C2NC(=O)N3C4NC(C(F)CC24)C2C(F)CCCC2Cc2cnnn2CC2CCNC(C(C)C)C23)CC1C. The lowest BCUT2D eigenvalue weighted by molar-refractivity contribution is -0.137. The van der Waals surface area contributed by atoms with E-state index in [1.54, 1.807) is 6.20 Å². The van der Waals surface area contributed by atoms with Crippen molar-refractivity contribution in [3.63, 3.8) is 0 Å². The lowest BCUT2D eigenvalue weighted by Crippen LogP contribution is -2.80. The number of hydrogen-bond acceptors (Lipinski definition) is 7. The highest BCUT2D eigenvalue weighted by atomic mass is 19.1. The van der Waals surface area contributed by atoms with Gasteiger partial charge in [-0.25, -0.2) is 18.3 Å². The van der Waals surface area contributed by atoms with Crippen LogP contribution in [0.1, 0.15) is 65.5 Å². The van der Waals surface area contributed by atoms with Crippen LogP contribution < -0.4 is 16.0 Å². The van der Waals surface area contributed by atoms with E-state index in [0.717, 1.165) is 31.5 Å². The van der Waals surface area contributed by atoms with Gasteiger partial charge in [-0.2, -0.15) is 0 Å². The minimum Gasteiger partial charge on any atom is -0.334 e. The summed E-state index contributed by atoms with van der Waals surface area (Å²) in [4.78, 5) is 33.4. The number of amides is 3. The number of hydrogen-bond donors (Lipinski definition) is 3. The summed E-state index contributed by atoms with van der Waals surface area (Å²) in [5.74, 6) is -0.622. The maximum absolute atomic E-state index is 16.8. The molecule has 0 radical (unpaired) electrons. The summed E-state index contributed by atoms with van der Waals surface area (Å²) in [5.41, 5.74) is 0.967. The first-order valence-corrected chi connectivity index (χ1v) is 18.0. The fourth-order valence-electron chi connectivity index (χ4n) is 10.3. The summed E-state index contributed by atoms with van der Waals surface area (Å²) in [6.07, 6.45) is 3.58. The van der Waals surface area contributed by atoms with Gasteiger partial charge in [0.1, 0.15) is 12.3 Å². The van der Waals surface area contributed by atoms with Crippen molar-refractivity contribution in [1.82, 2.24) is 45.6 Å². The second-order valence-electron chi connectivity index (χ2n) is 15.6. The van der Waals surface area contributed by atoms with Crippen molar-refractivity contribution in [2.75, 3.05) is 19.6 Å². The fraction of sp³-hybridized carbons (Fsp3) is 0.824. The van der Waals surface area contributed by atoms with E-state index in [2.05, 4.69) is 58.5 Å². The molecule has 1 saturated carbocycles. The van der Waals surface area contributed by atoms with E-state index < -0.39 is 36.6 Å². The third kappa shape index (κ3) is 5.77. The molecule has 5 aliphatic heterocycles. The standard InChI is InChI=1S/C34H53F2N9O2/c1-6-27(46)42-15-20(5)43(16-19(42)4)32-24-13-26(36)30-28-21(8-7-9-25(28)35)12-23-14-38-41-44(23)17-22-10-11-37-29(18(2)3)31(22)45(33(24)39-30)34(47)40-32/h6,14,18-22,24-26,28-33,37,39H,1,7-13,15-17H2,2-5H3,(H,40,47). The number of aromatic nitrogens is 3. The van der Waals surface area contributed by atoms with Gasteiger partial charge in [0.2, 0.25) is 5.91 Å². The highest BCUT2D eigenvalue weighted by Gasteiger charge is 2.58. The molecule has 13 heteroatoms. The summed E-state index contributed by atoms with van der Waals surface area (Å²) in [7, 11) is 0. The van der Waals surface area contributed by atoms with E-state index in [9.17, 15) is 9.59 Å². The molecule has 6 aliphatic rings. The first-order chi connectivity index (χ1) is 22.6. The third-order valence-electron chi connectivity index (χ3n) is 12.5. The highest BCUT2D eigenvalue weighted by Crippen LogP contribution is 2.45. The van der Waals surface area contributed by atoms with E-state index in [1.165, 1.54) is 6.08 Å².